The molecule has 102 valence electrons. The van der Waals surface area contributed by atoms with Gasteiger partial charge in [0.2, 0.25) is 10.0 Å². The van der Waals surface area contributed by atoms with Crippen LogP contribution >= 0.6 is 0 Å². The van der Waals surface area contributed by atoms with Crippen LogP contribution in [0.3, 0.4) is 0 Å². The van der Waals surface area contributed by atoms with Gasteiger partial charge in [0.25, 0.3) is 0 Å². The van der Waals surface area contributed by atoms with Crippen LogP contribution in [0.1, 0.15) is 5.56 Å². The van der Waals surface area contributed by atoms with Crippen molar-refractivity contribution >= 4 is 16.0 Å². The first-order valence-electron chi connectivity index (χ1n) is 5.25. The van der Waals surface area contributed by atoms with Crippen molar-refractivity contribution in [3.63, 3.8) is 0 Å². The monoisotopic (exact) mass is 284 g/mol. The van der Waals surface area contributed by atoms with Gasteiger partial charge in [-0.3, -0.25) is 0 Å². The minimum absolute atomic E-state index is 0.0430. The highest BCUT2D eigenvalue weighted by Crippen LogP contribution is 2.13. The van der Waals surface area contributed by atoms with Gasteiger partial charge in [0.05, 0.1) is 17.1 Å². The van der Waals surface area contributed by atoms with Crippen molar-refractivity contribution in [3.8, 4) is 6.07 Å². The Kier molecular flexibility index (Phi) is 5.44. The maximum atomic E-state index is 11.9. The van der Waals surface area contributed by atoms with Gasteiger partial charge in [0.15, 0.2) is 0 Å². The Labute approximate surface area is 110 Å². The lowest BCUT2D eigenvalue weighted by Gasteiger charge is -2.07. The zero-order chi connectivity index (χ0) is 14.3. The molecule has 1 rings (SSSR count). The van der Waals surface area contributed by atoms with E-state index in [0.717, 1.165) is 0 Å². The summed E-state index contributed by atoms with van der Waals surface area (Å²) in [4.78, 5) is 10.0. The number of rotatable bonds is 7. The number of nitrogens with zero attached hydrogens (tertiary/aromatic N) is 1. The molecule has 0 atom stereocenters. The average Bonchev–Trinajstić information content (AvgIpc) is 2.37. The normalized spacial score (nSPS) is 10.9. The quantitative estimate of drug-likeness (QED) is 0.677. The molecule has 0 unspecified atom stereocenters. The first-order valence-corrected chi connectivity index (χ1v) is 6.74. The molecule has 0 saturated heterocycles. The lowest BCUT2D eigenvalue weighted by molar-refractivity contribution is -0.142. The van der Waals surface area contributed by atoms with Crippen molar-refractivity contribution in [1.82, 2.24) is 4.72 Å². The smallest absolute Gasteiger partial charge is 0.329 e. The predicted molar refractivity (Wildman–Crippen MR) is 64.8 cm³/mol. The molecule has 0 bridgehead atoms. The maximum Gasteiger partial charge on any atom is 0.329 e. The van der Waals surface area contributed by atoms with E-state index in [1.54, 1.807) is 12.1 Å². The van der Waals surface area contributed by atoms with Crippen LogP contribution in [-0.4, -0.2) is 39.3 Å². The molecule has 0 aliphatic rings. The van der Waals surface area contributed by atoms with Crippen LogP contribution < -0.4 is 4.72 Å². The highest BCUT2D eigenvalue weighted by molar-refractivity contribution is 7.89. The van der Waals surface area contributed by atoms with Crippen LogP contribution in [0.25, 0.3) is 0 Å². The summed E-state index contributed by atoms with van der Waals surface area (Å²) in [6.07, 6.45) is 0. The van der Waals surface area contributed by atoms with Gasteiger partial charge in [0, 0.05) is 6.54 Å². The molecule has 0 spiro atoms. The van der Waals surface area contributed by atoms with E-state index in [0.29, 0.717) is 0 Å². The molecule has 0 radical (unpaired) electrons. The standard InChI is InChI=1S/C11H12N2O5S/c12-7-9-3-1-2-4-10(9)19(16,17)13-5-6-18-8-11(14)15/h1-4,13H,5-6,8H2,(H,14,15). The van der Waals surface area contributed by atoms with Crippen LogP contribution in [-0.2, 0) is 19.6 Å². The zero-order valence-electron chi connectivity index (χ0n) is 9.87. The highest BCUT2D eigenvalue weighted by atomic mass is 32.2. The number of carboxylic acids is 1. The Bertz CT molecular complexity index is 591. The Balaban J connectivity index is 2.62. The number of sulfonamides is 1. The molecule has 0 amide bonds. The number of hydrogen-bond donors (Lipinski definition) is 2. The molecular formula is C11H12N2O5S. The third-order valence-electron chi connectivity index (χ3n) is 2.06. The predicted octanol–water partition coefficient (Wildman–Crippen LogP) is -0.0622. The van der Waals surface area contributed by atoms with Gasteiger partial charge in [-0.1, -0.05) is 12.1 Å². The summed E-state index contributed by atoms with van der Waals surface area (Å²) in [7, 11) is -3.80. The molecule has 7 nitrogen and oxygen atoms in total. The first kappa shape index (κ1) is 15.1. The number of aliphatic carboxylic acids is 1. The van der Waals surface area contributed by atoms with E-state index < -0.39 is 22.6 Å². The molecule has 1 aromatic rings. The number of benzene rings is 1. The summed E-state index contributed by atoms with van der Waals surface area (Å²) in [6.45, 7) is -0.633. The Hall–Kier alpha value is -1.95. The Morgan fingerprint density at radius 2 is 2.11 bits per heavy atom. The molecule has 0 aliphatic carbocycles. The fraction of sp³-hybridized carbons (Fsp3) is 0.273. The van der Waals surface area contributed by atoms with Crippen LogP contribution in [0.5, 0.6) is 0 Å². The maximum absolute atomic E-state index is 11.9. The second-order valence-corrected chi connectivity index (χ2v) is 5.19. The lowest BCUT2D eigenvalue weighted by Crippen LogP contribution is -2.28. The van der Waals surface area contributed by atoms with Gasteiger partial charge in [-0.05, 0) is 12.1 Å². The van der Waals surface area contributed by atoms with Gasteiger partial charge in [-0.15, -0.1) is 0 Å². The average molecular weight is 284 g/mol. The van der Waals surface area contributed by atoms with Gasteiger partial charge in [-0.25, -0.2) is 17.9 Å². The number of nitrogens with one attached hydrogen (secondary N) is 1. The number of ether oxygens (including phenoxy) is 1. The number of nitriles is 1. The van der Waals surface area contributed by atoms with Crippen LogP contribution in [0, 0.1) is 11.3 Å². The molecule has 0 fully saturated rings. The number of carbonyl (C=O) groups is 1. The topological polar surface area (TPSA) is 116 Å². The molecule has 1 aromatic carbocycles. The molecule has 19 heavy (non-hydrogen) atoms. The summed E-state index contributed by atoms with van der Waals surface area (Å²) in [5.41, 5.74) is 0.0430. The van der Waals surface area contributed by atoms with E-state index in [1.165, 1.54) is 18.2 Å². The van der Waals surface area contributed by atoms with Crippen LogP contribution in [0.15, 0.2) is 29.2 Å². The van der Waals surface area contributed by atoms with Gasteiger partial charge >= 0.3 is 5.97 Å². The molecule has 8 heteroatoms. The van der Waals surface area contributed by atoms with Gasteiger partial charge in [-0.2, -0.15) is 5.26 Å². The Morgan fingerprint density at radius 1 is 1.42 bits per heavy atom. The zero-order valence-corrected chi connectivity index (χ0v) is 10.7. The van der Waals surface area contributed by atoms with Crippen molar-refractivity contribution in [2.24, 2.45) is 0 Å². The van der Waals surface area contributed by atoms with Crippen molar-refractivity contribution < 1.29 is 23.1 Å². The number of hydrogen-bond acceptors (Lipinski definition) is 5. The van der Waals surface area contributed by atoms with Crippen molar-refractivity contribution in [2.75, 3.05) is 19.8 Å². The largest absolute Gasteiger partial charge is 0.480 e. The van der Waals surface area contributed by atoms with E-state index >= 15 is 0 Å². The van der Waals surface area contributed by atoms with Gasteiger partial charge in [0.1, 0.15) is 12.7 Å². The minimum atomic E-state index is -3.80. The fourth-order valence-electron chi connectivity index (χ4n) is 1.28. The Morgan fingerprint density at radius 3 is 2.74 bits per heavy atom. The van der Waals surface area contributed by atoms with E-state index in [-0.39, 0.29) is 23.6 Å². The third kappa shape index (κ3) is 4.67. The molecular weight excluding hydrogens is 272 g/mol. The van der Waals surface area contributed by atoms with Gasteiger partial charge < -0.3 is 9.84 Å². The molecule has 0 aromatic heterocycles. The summed E-state index contributed by atoms with van der Waals surface area (Å²) < 4.78 is 30.7. The minimum Gasteiger partial charge on any atom is -0.480 e. The summed E-state index contributed by atoms with van der Waals surface area (Å²) >= 11 is 0. The first-order chi connectivity index (χ1) is 8.97. The molecule has 0 aliphatic heterocycles. The second-order valence-electron chi connectivity index (χ2n) is 3.45. The summed E-state index contributed by atoms with van der Waals surface area (Å²) in [6, 6.07) is 7.58. The van der Waals surface area contributed by atoms with E-state index in [4.69, 9.17) is 15.1 Å². The van der Waals surface area contributed by atoms with E-state index in [1.807, 2.05) is 0 Å². The van der Waals surface area contributed by atoms with Crippen LogP contribution in [0.4, 0.5) is 0 Å². The fourth-order valence-corrected chi connectivity index (χ4v) is 2.45. The lowest BCUT2D eigenvalue weighted by atomic mass is 10.2. The SMILES string of the molecule is N#Cc1ccccc1S(=O)(=O)NCCOCC(=O)O. The van der Waals surface area contributed by atoms with E-state index in [9.17, 15) is 13.2 Å². The number of carboxylic acid groups (broad SMARTS) is 1. The van der Waals surface area contributed by atoms with Crippen molar-refractivity contribution in [2.45, 2.75) is 4.90 Å². The molecule has 0 heterocycles. The van der Waals surface area contributed by atoms with Crippen molar-refractivity contribution in [3.05, 3.63) is 29.8 Å². The molecule has 0 saturated carbocycles. The summed E-state index contributed by atoms with van der Waals surface area (Å²) in [5.74, 6) is -1.13. The molecule has 2 N–H and O–H groups in total. The highest BCUT2D eigenvalue weighted by Gasteiger charge is 2.17. The third-order valence-corrected chi connectivity index (χ3v) is 3.58. The second kappa shape index (κ2) is 6.84. The summed E-state index contributed by atoms with van der Waals surface area (Å²) in [5, 5.41) is 17.1. The van der Waals surface area contributed by atoms with E-state index in [2.05, 4.69) is 4.72 Å². The van der Waals surface area contributed by atoms with Crippen LogP contribution in [0.2, 0.25) is 0 Å². The van der Waals surface area contributed by atoms with Crippen molar-refractivity contribution in [1.29, 1.82) is 5.26 Å².